The standard InChI is InChI=1S/C13H17FN2O/c1-16(12-3-2-8-15-9-12)13(17)10-4-6-11(14)7-5-10/h4-7,12,15H,2-3,8-9H2,1H3/t12-/m1/s1. The quantitative estimate of drug-likeness (QED) is 0.846. The predicted molar refractivity (Wildman–Crippen MR) is 64.4 cm³/mol. The van der Waals surface area contributed by atoms with E-state index in [9.17, 15) is 9.18 Å². The van der Waals surface area contributed by atoms with Gasteiger partial charge in [0, 0.05) is 25.2 Å². The SMILES string of the molecule is CN(C(=O)c1ccc(F)cc1)[C@@H]1CCCNC1. The van der Waals surface area contributed by atoms with E-state index in [0.717, 1.165) is 25.9 Å². The van der Waals surface area contributed by atoms with Crippen LogP contribution in [0.25, 0.3) is 0 Å². The number of hydrogen-bond donors (Lipinski definition) is 1. The molecule has 1 atom stereocenters. The van der Waals surface area contributed by atoms with E-state index in [2.05, 4.69) is 5.32 Å². The highest BCUT2D eigenvalue weighted by molar-refractivity contribution is 5.94. The predicted octanol–water partition coefficient (Wildman–Crippen LogP) is 1.65. The van der Waals surface area contributed by atoms with E-state index in [1.807, 2.05) is 7.05 Å². The molecule has 0 bridgehead atoms. The molecule has 1 aromatic carbocycles. The van der Waals surface area contributed by atoms with Crippen LogP contribution in [0.1, 0.15) is 23.2 Å². The van der Waals surface area contributed by atoms with Crippen LogP contribution in [0, 0.1) is 5.82 Å². The Morgan fingerprint density at radius 1 is 1.41 bits per heavy atom. The van der Waals surface area contributed by atoms with Crippen LogP contribution in [0.5, 0.6) is 0 Å². The van der Waals surface area contributed by atoms with Crippen LogP contribution < -0.4 is 5.32 Å². The monoisotopic (exact) mass is 236 g/mol. The van der Waals surface area contributed by atoms with Gasteiger partial charge in [0.15, 0.2) is 0 Å². The summed E-state index contributed by atoms with van der Waals surface area (Å²) in [7, 11) is 1.81. The van der Waals surface area contributed by atoms with Crippen molar-refractivity contribution in [1.29, 1.82) is 0 Å². The van der Waals surface area contributed by atoms with Gasteiger partial charge in [0.05, 0.1) is 0 Å². The molecule has 1 saturated heterocycles. The Bertz CT molecular complexity index is 385. The first-order valence-corrected chi connectivity index (χ1v) is 5.92. The number of rotatable bonds is 2. The van der Waals surface area contributed by atoms with Gasteiger partial charge < -0.3 is 10.2 Å². The fraction of sp³-hybridized carbons (Fsp3) is 0.462. The molecule has 0 radical (unpaired) electrons. The maximum atomic E-state index is 12.8. The Morgan fingerprint density at radius 2 is 2.12 bits per heavy atom. The lowest BCUT2D eigenvalue weighted by molar-refractivity contribution is 0.0708. The van der Waals surface area contributed by atoms with E-state index in [0.29, 0.717) is 5.56 Å². The minimum atomic E-state index is -0.316. The first kappa shape index (κ1) is 12.0. The van der Waals surface area contributed by atoms with Crippen LogP contribution in [0.15, 0.2) is 24.3 Å². The molecule has 1 heterocycles. The van der Waals surface area contributed by atoms with E-state index in [-0.39, 0.29) is 17.8 Å². The van der Waals surface area contributed by atoms with Crippen LogP contribution in [0.4, 0.5) is 4.39 Å². The molecule has 4 heteroatoms. The number of hydrogen-bond acceptors (Lipinski definition) is 2. The highest BCUT2D eigenvalue weighted by atomic mass is 19.1. The second-order valence-electron chi connectivity index (χ2n) is 4.42. The van der Waals surface area contributed by atoms with E-state index < -0.39 is 0 Å². The van der Waals surface area contributed by atoms with Gasteiger partial charge >= 0.3 is 0 Å². The van der Waals surface area contributed by atoms with Crippen molar-refractivity contribution < 1.29 is 9.18 Å². The molecule has 92 valence electrons. The lowest BCUT2D eigenvalue weighted by Gasteiger charge is -2.31. The van der Waals surface area contributed by atoms with Gasteiger partial charge in [0.25, 0.3) is 5.91 Å². The number of carbonyl (C=O) groups is 1. The summed E-state index contributed by atoms with van der Waals surface area (Å²) in [5, 5.41) is 3.28. The second kappa shape index (κ2) is 5.27. The van der Waals surface area contributed by atoms with Gasteiger partial charge in [0.1, 0.15) is 5.82 Å². The average molecular weight is 236 g/mol. The normalized spacial score (nSPS) is 20.0. The number of nitrogens with one attached hydrogen (secondary N) is 1. The largest absolute Gasteiger partial charge is 0.337 e. The lowest BCUT2D eigenvalue weighted by atomic mass is 10.1. The van der Waals surface area contributed by atoms with Gasteiger partial charge in [-0.3, -0.25) is 4.79 Å². The van der Waals surface area contributed by atoms with Gasteiger partial charge in [-0.25, -0.2) is 4.39 Å². The third kappa shape index (κ3) is 2.82. The van der Waals surface area contributed by atoms with Crippen molar-refractivity contribution >= 4 is 5.91 Å². The minimum absolute atomic E-state index is 0.0429. The van der Waals surface area contributed by atoms with E-state index in [4.69, 9.17) is 0 Å². The Morgan fingerprint density at radius 3 is 2.71 bits per heavy atom. The van der Waals surface area contributed by atoms with Crippen LogP contribution in [0.2, 0.25) is 0 Å². The molecule has 0 saturated carbocycles. The summed E-state index contributed by atoms with van der Waals surface area (Å²) < 4.78 is 12.8. The fourth-order valence-corrected chi connectivity index (χ4v) is 2.13. The molecular weight excluding hydrogens is 219 g/mol. The van der Waals surface area contributed by atoms with Crippen LogP contribution in [-0.2, 0) is 0 Å². The molecule has 1 aliphatic rings. The van der Waals surface area contributed by atoms with Crippen LogP contribution in [0.3, 0.4) is 0 Å². The van der Waals surface area contributed by atoms with Gasteiger partial charge in [-0.2, -0.15) is 0 Å². The van der Waals surface area contributed by atoms with Crippen molar-refractivity contribution in [3.63, 3.8) is 0 Å². The molecule has 1 aliphatic heterocycles. The summed E-state index contributed by atoms with van der Waals surface area (Å²) in [5.41, 5.74) is 0.541. The van der Waals surface area contributed by atoms with Gasteiger partial charge in [0.2, 0.25) is 0 Å². The Balaban J connectivity index is 2.05. The average Bonchev–Trinajstić information content (AvgIpc) is 2.39. The van der Waals surface area contributed by atoms with Crippen LogP contribution in [-0.4, -0.2) is 37.0 Å². The summed E-state index contributed by atoms with van der Waals surface area (Å²) in [4.78, 5) is 13.9. The molecule has 3 nitrogen and oxygen atoms in total. The van der Waals surface area contributed by atoms with Crippen molar-refractivity contribution in [3.05, 3.63) is 35.6 Å². The summed E-state index contributed by atoms with van der Waals surface area (Å²) in [5.74, 6) is -0.359. The number of halogens is 1. The number of piperidine rings is 1. The summed E-state index contributed by atoms with van der Waals surface area (Å²) in [6.45, 7) is 1.86. The second-order valence-corrected chi connectivity index (χ2v) is 4.42. The molecule has 0 unspecified atom stereocenters. The third-order valence-corrected chi connectivity index (χ3v) is 3.23. The summed E-state index contributed by atoms with van der Waals surface area (Å²) in [6.07, 6.45) is 2.11. The maximum Gasteiger partial charge on any atom is 0.253 e. The smallest absolute Gasteiger partial charge is 0.253 e. The lowest BCUT2D eigenvalue weighted by Crippen LogP contribution is -2.46. The topological polar surface area (TPSA) is 32.3 Å². The maximum absolute atomic E-state index is 12.8. The first-order chi connectivity index (χ1) is 8.18. The van der Waals surface area contributed by atoms with Gasteiger partial charge in [-0.05, 0) is 43.7 Å². The number of amides is 1. The molecule has 1 N–H and O–H groups in total. The molecule has 0 aromatic heterocycles. The van der Waals surface area contributed by atoms with Crippen LogP contribution >= 0.6 is 0 Å². The van der Waals surface area contributed by atoms with E-state index in [1.54, 1.807) is 4.90 Å². The minimum Gasteiger partial charge on any atom is -0.337 e. The zero-order valence-corrected chi connectivity index (χ0v) is 9.95. The molecule has 2 rings (SSSR count). The van der Waals surface area contributed by atoms with Crippen molar-refractivity contribution in [2.45, 2.75) is 18.9 Å². The molecule has 1 fully saturated rings. The molecule has 1 aromatic rings. The number of benzene rings is 1. The van der Waals surface area contributed by atoms with E-state index >= 15 is 0 Å². The number of carbonyl (C=O) groups excluding carboxylic acids is 1. The molecular formula is C13H17FN2O. The number of nitrogens with zero attached hydrogens (tertiary/aromatic N) is 1. The third-order valence-electron chi connectivity index (χ3n) is 3.23. The molecule has 0 aliphatic carbocycles. The number of likely N-dealkylation sites (N-methyl/N-ethyl adjacent to an activating group) is 1. The van der Waals surface area contributed by atoms with Crippen molar-refractivity contribution in [2.75, 3.05) is 20.1 Å². The molecule has 1 amide bonds. The first-order valence-electron chi connectivity index (χ1n) is 5.92. The Kier molecular flexibility index (Phi) is 3.74. The van der Waals surface area contributed by atoms with Gasteiger partial charge in [-0.1, -0.05) is 0 Å². The summed E-state index contributed by atoms with van der Waals surface area (Å²) >= 11 is 0. The highest BCUT2D eigenvalue weighted by Crippen LogP contribution is 2.13. The van der Waals surface area contributed by atoms with Crippen molar-refractivity contribution in [2.24, 2.45) is 0 Å². The molecule has 0 spiro atoms. The van der Waals surface area contributed by atoms with E-state index in [1.165, 1.54) is 24.3 Å². The van der Waals surface area contributed by atoms with Gasteiger partial charge in [-0.15, -0.1) is 0 Å². The Labute approximate surface area is 101 Å². The summed E-state index contributed by atoms with van der Waals surface area (Å²) in [6, 6.07) is 5.94. The Hall–Kier alpha value is -1.42. The highest BCUT2D eigenvalue weighted by Gasteiger charge is 2.22. The van der Waals surface area contributed by atoms with Crippen molar-refractivity contribution in [1.82, 2.24) is 10.2 Å². The fourth-order valence-electron chi connectivity index (χ4n) is 2.13. The van der Waals surface area contributed by atoms with Crippen molar-refractivity contribution in [3.8, 4) is 0 Å². The zero-order chi connectivity index (χ0) is 12.3. The molecule has 17 heavy (non-hydrogen) atoms. The zero-order valence-electron chi connectivity index (χ0n) is 9.95.